The molecule has 0 unspecified atom stereocenters. The molecule has 5 N–H and O–H groups in total. The summed E-state index contributed by atoms with van der Waals surface area (Å²) in [6.07, 6.45) is 0. The summed E-state index contributed by atoms with van der Waals surface area (Å²) in [5, 5.41) is 19.4. The summed E-state index contributed by atoms with van der Waals surface area (Å²) in [4.78, 5) is 23.9. The zero-order valence-corrected chi connectivity index (χ0v) is 20.6. The highest BCUT2D eigenvalue weighted by molar-refractivity contribution is 7.89. The van der Waals surface area contributed by atoms with Crippen molar-refractivity contribution >= 4 is 33.0 Å². The van der Waals surface area contributed by atoms with Crippen LogP contribution in [0.25, 0.3) is 16.8 Å². The van der Waals surface area contributed by atoms with E-state index in [2.05, 4.69) is 11.9 Å². The number of benzene rings is 4. The zero-order chi connectivity index (χ0) is 27.4. The van der Waals surface area contributed by atoms with Gasteiger partial charge in [0.15, 0.2) is 0 Å². The number of nitrogens with zero attached hydrogens (tertiary/aromatic N) is 1. The van der Waals surface area contributed by atoms with E-state index in [4.69, 9.17) is 15.6 Å². The molecule has 0 atom stereocenters. The number of non-ortho nitro benzene ring substituents is 1. The summed E-state index contributed by atoms with van der Waals surface area (Å²) in [6, 6.07) is 23.1. The number of primary sulfonamides is 1. The van der Waals surface area contributed by atoms with Crippen LogP contribution in [0.1, 0.15) is 15.9 Å². The summed E-state index contributed by atoms with van der Waals surface area (Å²) in [5.74, 6) is -0.206. The van der Waals surface area contributed by atoms with Crippen LogP contribution < -0.4 is 20.9 Å². The van der Waals surface area contributed by atoms with Gasteiger partial charge in [-0.05, 0) is 42.0 Å². The van der Waals surface area contributed by atoms with E-state index in [9.17, 15) is 23.3 Å². The minimum atomic E-state index is -3.95. The van der Waals surface area contributed by atoms with Gasteiger partial charge in [-0.15, -0.1) is 0 Å². The molecule has 4 aromatic carbocycles. The fourth-order valence-corrected chi connectivity index (χ4v) is 4.43. The summed E-state index contributed by atoms with van der Waals surface area (Å²) < 4.78 is 29.7. The van der Waals surface area contributed by atoms with Crippen molar-refractivity contribution in [3.05, 3.63) is 119 Å². The lowest BCUT2D eigenvalue weighted by atomic mass is 10.1. The van der Waals surface area contributed by atoms with E-state index in [1.54, 1.807) is 66.7 Å². The van der Waals surface area contributed by atoms with E-state index in [1.165, 1.54) is 18.2 Å². The number of sulfonamides is 1. The number of nitro benzene ring substituents is 1. The van der Waals surface area contributed by atoms with Gasteiger partial charge in [-0.25, -0.2) is 13.6 Å². The van der Waals surface area contributed by atoms with Crippen LogP contribution in [0.2, 0.25) is 0 Å². The molecular weight excluding hydrogens is 508 g/mol. The largest absolute Gasteiger partial charge is 0.457 e. The molecule has 0 spiro atoms. The minimum Gasteiger partial charge on any atom is -0.457 e. The van der Waals surface area contributed by atoms with Gasteiger partial charge in [-0.2, -0.15) is 0 Å². The Bertz CT molecular complexity index is 1670. The van der Waals surface area contributed by atoms with E-state index < -0.39 is 20.9 Å². The van der Waals surface area contributed by atoms with Gasteiger partial charge in [0.1, 0.15) is 11.5 Å². The highest BCUT2D eigenvalue weighted by Crippen LogP contribution is 2.31. The Hall–Kier alpha value is -5.00. The number of nitrogens with one attached hydrogen (secondary N) is 1. The van der Waals surface area contributed by atoms with Crippen LogP contribution in [-0.4, -0.2) is 19.2 Å². The number of carbonyl (C=O) groups is 1. The van der Waals surface area contributed by atoms with Gasteiger partial charge < -0.3 is 15.8 Å². The van der Waals surface area contributed by atoms with Crippen LogP contribution in [0, 0.1) is 10.1 Å². The van der Waals surface area contributed by atoms with Crippen molar-refractivity contribution in [2.45, 2.75) is 4.90 Å². The Morgan fingerprint density at radius 2 is 1.66 bits per heavy atom. The number of hydrogen-bond donors (Lipinski definition) is 3. The maximum absolute atomic E-state index is 13.2. The van der Waals surface area contributed by atoms with Crippen LogP contribution in [0.3, 0.4) is 0 Å². The minimum absolute atomic E-state index is 0.0301. The van der Waals surface area contributed by atoms with Crippen molar-refractivity contribution in [1.29, 1.82) is 0 Å². The number of nitrogens with two attached hydrogens (primary N) is 2. The third kappa shape index (κ3) is 5.86. The first-order valence-corrected chi connectivity index (χ1v) is 12.6. The first kappa shape index (κ1) is 26.1. The smallest absolute Gasteiger partial charge is 0.270 e. The maximum atomic E-state index is 13.2. The molecular formula is C27H22N4O6S. The quantitative estimate of drug-likeness (QED) is 0.215. The van der Waals surface area contributed by atoms with Crippen LogP contribution in [0.4, 0.5) is 11.4 Å². The number of amides is 1. The van der Waals surface area contributed by atoms with Crippen molar-refractivity contribution in [3.63, 3.8) is 0 Å². The fraction of sp³-hybridized carbons (Fsp3) is 0. The number of carbonyl (C=O) groups excluding carboxylic acids is 1. The van der Waals surface area contributed by atoms with Gasteiger partial charge in [-0.3, -0.25) is 14.9 Å². The summed E-state index contributed by atoms with van der Waals surface area (Å²) >= 11 is 0. The molecule has 0 aliphatic carbocycles. The molecule has 10 nitrogen and oxygen atoms in total. The number of nitro groups is 1. The second kappa shape index (κ2) is 10.5. The van der Waals surface area contributed by atoms with Crippen molar-refractivity contribution in [1.82, 2.24) is 0 Å². The Labute approximate surface area is 218 Å². The highest BCUT2D eigenvalue weighted by atomic mass is 32.2. The number of rotatable bonds is 8. The van der Waals surface area contributed by atoms with Crippen molar-refractivity contribution < 1.29 is 22.9 Å². The molecule has 0 aliphatic rings. The van der Waals surface area contributed by atoms with Crippen LogP contribution in [-0.2, 0) is 10.0 Å². The molecule has 0 bridgehead atoms. The second-order valence-corrected chi connectivity index (χ2v) is 9.70. The molecule has 11 heteroatoms. The van der Waals surface area contributed by atoms with Crippen molar-refractivity contribution in [2.75, 3.05) is 5.32 Å². The third-order valence-electron chi connectivity index (χ3n) is 5.50. The summed E-state index contributed by atoms with van der Waals surface area (Å²) in [7, 11) is -3.95. The lowest BCUT2D eigenvalue weighted by molar-refractivity contribution is -0.384. The SMILES string of the molecule is C=C(N)c1cccc(Oc2ccc([N+](=O)[O-])cc2C(=O)Nc2ccc(-c3ccccc3S(N)(=O)=O)cc2)c1. The van der Waals surface area contributed by atoms with E-state index in [0.29, 0.717) is 33.8 Å². The van der Waals surface area contributed by atoms with Gasteiger partial charge in [0, 0.05) is 34.6 Å². The van der Waals surface area contributed by atoms with E-state index in [-0.39, 0.29) is 21.9 Å². The molecule has 1 amide bonds. The second-order valence-electron chi connectivity index (χ2n) is 8.17. The molecule has 0 saturated heterocycles. The van der Waals surface area contributed by atoms with E-state index in [1.807, 2.05) is 0 Å². The molecule has 192 valence electrons. The van der Waals surface area contributed by atoms with Crippen LogP contribution >= 0.6 is 0 Å². The lowest BCUT2D eigenvalue weighted by Crippen LogP contribution is -2.14. The number of hydrogen-bond acceptors (Lipinski definition) is 7. The monoisotopic (exact) mass is 530 g/mol. The molecule has 0 fully saturated rings. The Morgan fingerprint density at radius 1 is 0.947 bits per heavy atom. The average molecular weight is 531 g/mol. The van der Waals surface area contributed by atoms with Crippen LogP contribution in [0.15, 0.2) is 102 Å². The molecule has 0 aromatic heterocycles. The fourth-order valence-electron chi connectivity index (χ4n) is 3.67. The standard InChI is InChI=1S/C27H22N4O6S/c1-17(28)19-5-4-6-22(15-19)37-25-14-13-21(31(33)34)16-24(25)27(32)30-20-11-9-18(10-12-20)23-7-2-3-8-26(23)38(29,35)36/h2-16H,1,28H2,(H,30,32)(H2,29,35,36). The summed E-state index contributed by atoms with van der Waals surface area (Å²) in [6.45, 7) is 3.69. The molecule has 0 saturated carbocycles. The topological polar surface area (TPSA) is 168 Å². The molecule has 4 aromatic rings. The predicted octanol–water partition coefficient (Wildman–Crippen LogP) is 4.88. The molecule has 0 heterocycles. The van der Waals surface area contributed by atoms with Crippen LogP contribution in [0.5, 0.6) is 11.5 Å². The van der Waals surface area contributed by atoms with E-state index >= 15 is 0 Å². The highest BCUT2D eigenvalue weighted by Gasteiger charge is 2.20. The average Bonchev–Trinajstić information content (AvgIpc) is 2.89. The first-order chi connectivity index (χ1) is 18.0. The van der Waals surface area contributed by atoms with E-state index in [0.717, 1.165) is 6.07 Å². The molecule has 38 heavy (non-hydrogen) atoms. The summed E-state index contributed by atoms with van der Waals surface area (Å²) in [5.41, 5.74) is 7.67. The van der Waals surface area contributed by atoms with Gasteiger partial charge in [0.2, 0.25) is 10.0 Å². The Kier molecular flexibility index (Phi) is 7.24. The Balaban J connectivity index is 1.63. The predicted molar refractivity (Wildman–Crippen MR) is 144 cm³/mol. The van der Waals surface area contributed by atoms with Gasteiger partial charge in [0.05, 0.1) is 15.4 Å². The third-order valence-corrected chi connectivity index (χ3v) is 6.47. The molecule has 0 radical (unpaired) electrons. The van der Waals surface area contributed by atoms with Crippen molar-refractivity contribution in [2.24, 2.45) is 10.9 Å². The maximum Gasteiger partial charge on any atom is 0.270 e. The molecule has 4 rings (SSSR count). The lowest BCUT2D eigenvalue weighted by Gasteiger charge is -2.13. The Morgan fingerprint density at radius 3 is 2.32 bits per heavy atom. The normalized spacial score (nSPS) is 11.0. The van der Waals surface area contributed by atoms with Gasteiger partial charge in [0.25, 0.3) is 11.6 Å². The van der Waals surface area contributed by atoms with Gasteiger partial charge in [-0.1, -0.05) is 49.0 Å². The zero-order valence-electron chi connectivity index (χ0n) is 19.8. The van der Waals surface area contributed by atoms with Crippen molar-refractivity contribution in [3.8, 4) is 22.6 Å². The molecule has 0 aliphatic heterocycles. The van der Waals surface area contributed by atoms with Gasteiger partial charge >= 0.3 is 0 Å². The number of ether oxygens (including phenoxy) is 1. The first-order valence-electron chi connectivity index (χ1n) is 11.1. The number of anilines is 1.